The van der Waals surface area contributed by atoms with Gasteiger partial charge in [-0.3, -0.25) is 0 Å². The molecule has 0 saturated heterocycles. The maximum atomic E-state index is 3.45. The second-order valence-electron chi connectivity index (χ2n) is 5.38. The Morgan fingerprint density at radius 1 is 1.20 bits per heavy atom. The second kappa shape index (κ2) is 6.42. The first-order valence-corrected chi connectivity index (χ1v) is 8.34. The van der Waals surface area contributed by atoms with E-state index in [4.69, 9.17) is 0 Å². The monoisotopic (exact) mass is 286 g/mol. The van der Waals surface area contributed by atoms with Crippen molar-refractivity contribution in [2.75, 3.05) is 18.0 Å². The van der Waals surface area contributed by atoms with Crippen molar-refractivity contribution in [3.63, 3.8) is 0 Å². The smallest absolute Gasteiger partial charge is 0.0440 e. The Balaban J connectivity index is 1.63. The summed E-state index contributed by atoms with van der Waals surface area (Å²) < 4.78 is 0. The Morgan fingerprint density at radius 2 is 2.05 bits per heavy atom. The Labute approximate surface area is 125 Å². The Morgan fingerprint density at radius 3 is 2.85 bits per heavy atom. The molecule has 1 aliphatic rings. The van der Waals surface area contributed by atoms with E-state index >= 15 is 0 Å². The lowest BCUT2D eigenvalue weighted by atomic mass is 10.1. The Bertz CT molecular complexity index is 544. The van der Waals surface area contributed by atoms with Gasteiger partial charge in [0.15, 0.2) is 0 Å². The molecule has 0 amide bonds. The second-order valence-corrected chi connectivity index (χ2v) is 6.38. The highest BCUT2D eigenvalue weighted by Crippen LogP contribution is 2.27. The average molecular weight is 286 g/mol. The zero-order valence-corrected chi connectivity index (χ0v) is 12.9. The fraction of sp³-hybridized carbons (Fsp3) is 0.412. The van der Waals surface area contributed by atoms with Crippen molar-refractivity contribution in [3.8, 4) is 0 Å². The van der Waals surface area contributed by atoms with Gasteiger partial charge in [0.05, 0.1) is 0 Å². The molecule has 0 bridgehead atoms. The number of hydrogen-bond acceptors (Lipinski definition) is 3. The molecule has 1 N–H and O–H groups in total. The van der Waals surface area contributed by atoms with Crippen LogP contribution in [0.3, 0.4) is 0 Å². The molecule has 1 aromatic heterocycles. The van der Waals surface area contributed by atoms with Crippen LogP contribution < -0.4 is 10.2 Å². The molecule has 2 nitrogen and oxygen atoms in total. The summed E-state index contributed by atoms with van der Waals surface area (Å²) in [6, 6.07) is 11.3. The topological polar surface area (TPSA) is 15.3 Å². The van der Waals surface area contributed by atoms with Crippen molar-refractivity contribution in [1.82, 2.24) is 5.32 Å². The number of nitrogens with zero attached hydrogens (tertiary/aromatic N) is 1. The minimum Gasteiger partial charge on any atom is -0.367 e. The molecule has 1 aromatic carbocycles. The molecule has 0 spiro atoms. The SMILES string of the molecule is CCCNCc1ccc(N2CCc3sccc3C2)cc1. The summed E-state index contributed by atoms with van der Waals surface area (Å²) in [6.45, 7) is 6.47. The van der Waals surface area contributed by atoms with E-state index in [0.29, 0.717) is 0 Å². The van der Waals surface area contributed by atoms with Crippen molar-refractivity contribution in [1.29, 1.82) is 0 Å². The van der Waals surface area contributed by atoms with Crippen LogP contribution in [0.25, 0.3) is 0 Å². The molecule has 3 heteroatoms. The van der Waals surface area contributed by atoms with E-state index in [1.807, 2.05) is 11.3 Å². The fourth-order valence-corrected chi connectivity index (χ4v) is 3.59. The van der Waals surface area contributed by atoms with Crippen LogP contribution in [0.2, 0.25) is 0 Å². The van der Waals surface area contributed by atoms with Crippen LogP contribution in [0.5, 0.6) is 0 Å². The van der Waals surface area contributed by atoms with Gasteiger partial charge >= 0.3 is 0 Å². The summed E-state index contributed by atoms with van der Waals surface area (Å²) in [6.07, 6.45) is 2.38. The molecule has 0 aliphatic carbocycles. The van der Waals surface area contributed by atoms with Gasteiger partial charge in [0.25, 0.3) is 0 Å². The average Bonchev–Trinajstić information content (AvgIpc) is 2.96. The van der Waals surface area contributed by atoms with Gasteiger partial charge in [-0.1, -0.05) is 19.1 Å². The Kier molecular flexibility index (Phi) is 4.38. The molecule has 0 radical (unpaired) electrons. The van der Waals surface area contributed by atoms with E-state index in [0.717, 1.165) is 26.2 Å². The predicted octanol–water partition coefficient (Wildman–Crippen LogP) is 3.81. The maximum absolute atomic E-state index is 3.45. The van der Waals surface area contributed by atoms with Crippen LogP contribution in [0.1, 0.15) is 29.3 Å². The number of benzene rings is 1. The highest BCUT2D eigenvalue weighted by Gasteiger charge is 2.17. The number of fused-ring (bicyclic) bond motifs is 1. The van der Waals surface area contributed by atoms with E-state index in [1.165, 1.54) is 29.7 Å². The first kappa shape index (κ1) is 13.7. The van der Waals surface area contributed by atoms with Crippen molar-refractivity contribution < 1.29 is 0 Å². The molecule has 0 fully saturated rings. The molecule has 2 aromatic rings. The first-order chi connectivity index (χ1) is 9.86. The van der Waals surface area contributed by atoms with Crippen LogP contribution in [0.15, 0.2) is 35.7 Å². The molecule has 2 heterocycles. The van der Waals surface area contributed by atoms with Crippen molar-refractivity contribution in [3.05, 3.63) is 51.7 Å². The first-order valence-electron chi connectivity index (χ1n) is 7.46. The lowest BCUT2D eigenvalue weighted by molar-refractivity contribution is 0.675. The van der Waals surface area contributed by atoms with Crippen LogP contribution >= 0.6 is 11.3 Å². The number of nitrogens with one attached hydrogen (secondary N) is 1. The largest absolute Gasteiger partial charge is 0.367 e. The molecule has 0 atom stereocenters. The van der Waals surface area contributed by atoms with Crippen LogP contribution in [-0.2, 0) is 19.5 Å². The summed E-state index contributed by atoms with van der Waals surface area (Å²) in [5, 5.41) is 5.67. The van der Waals surface area contributed by atoms with Crippen molar-refractivity contribution in [2.45, 2.75) is 32.9 Å². The lowest BCUT2D eigenvalue weighted by Gasteiger charge is -2.29. The van der Waals surface area contributed by atoms with Gasteiger partial charge in [-0.15, -0.1) is 11.3 Å². The molecule has 1 aliphatic heterocycles. The molecule has 3 rings (SSSR count). The van der Waals surface area contributed by atoms with E-state index in [1.54, 1.807) is 4.88 Å². The van der Waals surface area contributed by atoms with E-state index in [-0.39, 0.29) is 0 Å². The zero-order valence-electron chi connectivity index (χ0n) is 12.1. The third kappa shape index (κ3) is 3.05. The molecular weight excluding hydrogens is 264 g/mol. The third-order valence-corrected chi connectivity index (χ3v) is 4.89. The minimum atomic E-state index is 0.975. The molecule has 0 unspecified atom stereocenters. The van der Waals surface area contributed by atoms with Crippen molar-refractivity contribution in [2.24, 2.45) is 0 Å². The molecule has 0 saturated carbocycles. The standard InChI is InChI=1S/C17H22N2S/c1-2-9-18-12-14-3-5-16(6-4-14)19-10-7-17-15(13-19)8-11-20-17/h3-6,8,11,18H,2,7,9-10,12-13H2,1H3. The summed E-state index contributed by atoms with van der Waals surface area (Å²) in [5.74, 6) is 0. The van der Waals surface area contributed by atoms with Crippen LogP contribution in [0.4, 0.5) is 5.69 Å². The van der Waals surface area contributed by atoms with Gasteiger partial charge in [0, 0.05) is 30.2 Å². The van der Waals surface area contributed by atoms with Crippen LogP contribution in [0, 0.1) is 0 Å². The lowest BCUT2D eigenvalue weighted by Crippen LogP contribution is -2.29. The number of anilines is 1. The fourth-order valence-electron chi connectivity index (χ4n) is 2.70. The van der Waals surface area contributed by atoms with E-state index in [2.05, 4.69) is 52.9 Å². The highest BCUT2D eigenvalue weighted by molar-refractivity contribution is 7.10. The molecular formula is C17H22N2S. The third-order valence-electron chi connectivity index (χ3n) is 3.87. The van der Waals surface area contributed by atoms with Gasteiger partial charge in [-0.05, 0) is 54.1 Å². The molecule has 20 heavy (non-hydrogen) atoms. The van der Waals surface area contributed by atoms with Gasteiger partial charge in [-0.25, -0.2) is 0 Å². The number of rotatable bonds is 5. The summed E-state index contributed by atoms with van der Waals surface area (Å²) in [5.41, 5.74) is 4.23. The Hall–Kier alpha value is -1.32. The summed E-state index contributed by atoms with van der Waals surface area (Å²) in [4.78, 5) is 4.06. The van der Waals surface area contributed by atoms with Crippen molar-refractivity contribution >= 4 is 17.0 Å². The number of hydrogen-bond donors (Lipinski definition) is 1. The van der Waals surface area contributed by atoms with Gasteiger partial charge < -0.3 is 10.2 Å². The normalized spacial score (nSPS) is 14.3. The van der Waals surface area contributed by atoms with Gasteiger partial charge in [0.1, 0.15) is 0 Å². The quantitative estimate of drug-likeness (QED) is 0.841. The summed E-state index contributed by atoms with van der Waals surface area (Å²) >= 11 is 1.90. The van der Waals surface area contributed by atoms with E-state index < -0.39 is 0 Å². The van der Waals surface area contributed by atoms with Gasteiger partial charge in [-0.2, -0.15) is 0 Å². The van der Waals surface area contributed by atoms with E-state index in [9.17, 15) is 0 Å². The maximum Gasteiger partial charge on any atom is 0.0440 e. The van der Waals surface area contributed by atoms with Gasteiger partial charge in [0.2, 0.25) is 0 Å². The predicted molar refractivity (Wildman–Crippen MR) is 87.5 cm³/mol. The minimum absolute atomic E-state index is 0.975. The van der Waals surface area contributed by atoms with Crippen LogP contribution in [-0.4, -0.2) is 13.1 Å². The molecule has 106 valence electrons. The summed E-state index contributed by atoms with van der Waals surface area (Å²) in [7, 11) is 0. The highest BCUT2D eigenvalue weighted by atomic mass is 32.1. The zero-order chi connectivity index (χ0) is 13.8. The number of thiophene rings is 1.